The maximum Gasteiger partial charge on any atom is 0.337 e. The Morgan fingerprint density at radius 1 is 1.21 bits per heavy atom. The molecule has 24 heavy (non-hydrogen) atoms. The Hall–Kier alpha value is -2.60. The van der Waals surface area contributed by atoms with Crippen LogP contribution in [0.4, 0.5) is 5.69 Å². The molecule has 0 saturated heterocycles. The number of benzene rings is 2. The summed E-state index contributed by atoms with van der Waals surface area (Å²) in [6.45, 7) is 1.93. The molecule has 6 heteroatoms. The third kappa shape index (κ3) is 4.45. The van der Waals surface area contributed by atoms with E-state index in [0.717, 1.165) is 16.9 Å². The molecule has 0 spiro atoms. The van der Waals surface area contributed by atoms with E-state index in [1.165, 1.54) is 18.2 Å². The van der Waals surface area contributed by atoms with Gasteiger partial charge in [0.2, 0.25) is 5.91 Å². The number of amides is 1. The van der Waals surface area contributed by atoms with Crippen LogP contribution >= 0.6 is 15.9 Å². The van der Waals surface area contributed by atoms with Crippen LogP contribution in [0.1, 0.15) is 21.5 Å². The van der Waals surface area contributed by atoms with E-state index in [1.54, 1.807) is 19.3 Å². The number of carboxylic acid groups (broad SMARTS) is 1. The third-order valence-corrected chi connectivity index (χ3v) is 3.82. The SMILES string of the molecule is COc1cc(/C=C/C(=O)Nc2ccc(Br)cc2C(=O)O)ccc1C. The molecule has 5 nitrogen and oxygen atoms in total. The van der Waals surface area contributed by atoms with Crippen LogP contribution in [0.25, 0.3) is 6.08 Å². The molecular weight excluding hydrogens is 374 g/mol. The van der Waals surface area contributed by atoms with E-state index < -0.39 is 11.9 Å². The smallest absolute Gasteiger partial charge is 0.337 e. The highest BCUT2D eigenvalue weighted by molar-refractivity contribution is 9.10. The fourth-order valence-electron chi connectivity index (χ4n) is 2.09. The van der Waals surface area contributed by atoms with Crippen LogP contribution in [-0.4, -0.2) is 24.1 Å². The van der Waals surface area contributed by atoms with Gasteiger partial charge in [-0.1, -0.05) is 28.1 Å². The fourth-order valence-corrected chi connectivity index (χ4v) is 2.45. The van der Waals surface area contributed by atoms with Gasteiger partial charge in [0.1, 0.15) is 5.75 Å². The van der Waals surface area contributed by atoms with Crippen molar-refractivity contribution in [3.05, 3.63) is 63.6 Å². The van der Waals surface area contributed by atoms with E-state index in [4.69, 9.17) is 4.74 Å². The zero-order valence-corrected chi connectivity index (χ0v) is 14.8. The highest BCUT2D eigenvalue weighted by atomic mass is 79.9. The molecule has 0 radical (unpaired) electrons. The molecule has 0 saturated carbocycles. The Bertz CT molecular complexity index is 815. The summed E-state index contributed by atoms with van der Waals surface area (Å²) >= 11 is 3.21. The lowest BCUT2D eigenvalue weighted by molar-refractivity contribution is -0.111. The first-order valence-electron chi connectivity index (χ1n) is 7.07. The molecule has 2 aromatic rings. The molecule has 0 aromatic heterocycles. The molecule has 0 heterocycles. The number of aromatic carboxylic acids is 1. The minimum Gasteiger partial charge on any atom is -0.496 e. The number of carboxylic acids is 1. The highest BCUT2D eigenvalue weighted by Crippen LogP contribution is 2.22. The van der Waals surface area contributed by atoms with E-state index in [2.05, 4.69) is 21.2 Å². The minimum absolute atomic E-state index is 0.0168. The van der Waals surface area contributed by atoms with Gasteiger partial charge in [0.15, 0.2) is 0 Å². The normalized spacial score (nSPS) is 10.6. The summed E-state index contributed by atoms with van der Waals surface area (Å²) in [5.74, 6) is -0.795. The quantitative estimate of drug-likeness (QED) is 0.754. The average Bonchev–Trinajstić information content (AvgIpc) is 2.55. The zero-order valence-electron chi connectivity index (χ0n) is 13.2. The molecule has 0 unspecified atom stereocenters. The molecule has 0 aliphatic carbocycles. The number of anilines is 1. The number of hydrogen-bond donors (Lipinski definition) is 2. The van der Waals surface area contributed by atoms with Crippen molar-refractivity contribution in [3.63, 3.8) is 0 Å². The second-order valence-corrected chi connectivity index (χ2v) is 5.96. The van der Waals surface area contributed by atoms with Crippen LogP contribution in [-0.2, 0) is 4.79 Å². The summed E-state index contributed by atoms with van der Waals surface area (Å²) in [6.07, 6.45) is 2.98. The van der Waals surface area contributed by atoms with Crippen molar-refractivity contribution >= 4 is 39.6 Å². The largest absolute Gasteiger partial charge is 0.496 e. The highest BCUT2D eigenvalue weighted by Gasteiger charge is 2.12. The Kier molecular flexibility index (Phi) is 5.76. The van der Waals surface area contributed by atoms with E-state index >= 15 is 0 Å². The summed E-state index contributed by atoms with van der Waals surface area (Å²) in [6, 6.07) is 10.2. The standard InChI is InChI=1S/C18H16BrNO4/c1-11-3-4-12(9-16(11)24-2)5-8-17(21)20-15-7-6-13(19)10-14(15)18(22)23/h3-10H,1-2H3,(H,20,21)(H,22,23)/b8-5+. The Balaban J connectivity index is 2.15. The predicted octanol–water partition coefficient (Wildman–Crippen LogP) is 4.12. The van der Waals surface area contributed by atoms with E-state index in [1.807, 2.05) is 25.1 Å². The van der Waals surface area contributed by atoms with Gasteiger partial charge in [-0.15, -0.1) is 0 Å². The van der Waals surface area contributed by atoms with Gasteiger partial charge in [0, 0.05) is 10.5 Å². The number of halogens is 1. The van der Waals surface area contributed by atoms with Gasteiger partial charge in [-0.25, -0.2) is 4.79 Å². The molecule has 0 aliphatic rings. The van der Waals surface area contributed by atoms with Gasteiger partial charge in [-0.2, -0.15) is 0 Å². The Morgan fingerprint density at radius 3 is 2.62 bits per heavy atom. The topological polar surface area (TPSA) is 75.6 Å². The maximum absolute atomic E-state index is 12.0. The van der Waals surface area contributed by atoms with E-state index in [-0.39, 0.29) is 11.3 Å². The lowest BCUT2D eigenvalue weighted by atomic mass is 10.1. The number of hydrogen-bond acceptors (Lipinski definition) is 3. The molecule has 124 valence electrons. The van der Waals surface area contributed by atoms with E-state index in [0.29, 0.717) is 4.47 Å². The van der Waals surface area contributed by atoms with Crippen molar-refractivity contribution in [2.24, 2.45) is 0 Å². The van der Waals surface area contributed by atoms with Gasteiger partial charge in [-0.3, -0.25) is 4.79 Å². The molecule has 2 aromatic carbocycles. The number of aryl methyl sites for hydroxylation is 1. The van der Waals surface area contributed by atoms with Crippen LogP contribution in [0.5, 0.6) is 5.75 Å². The first-order valence-corrected chi connectivity index (χ1v) is 7.86. The Labute approximate surface area is 148 Å². The predicted molar refractivity (Wildman–Crippen MR) is 96.5 cm³/mol. The summed E-state index contributed by atoms with van der Waals surface area (Å²) in [7, 11) is 1.59. The summed E-state index contributed by atoms with van der Waals surface area (Å²) in [5.41, 5.74) is 2.06. The number of rotatable bonds is 5. The monoisotopic (exact) mass is 389 g/mol. The molecule has 0 aliphatic heterocycles. The van der Waals surface area contributed by atoms with Crippen molar-refractivity contribution in [2.45, 2.75) is 6.92 Å². The van der Waals surface area contributed by atoms with Crippen molar-refractivity contribution in [2.75, 3.05) is 12.4 Å². The number of methoxy groups -OCH3 is 1. The lowest BCUT2D eigenvalue weighted by Gasteiger charge is -2.07. The molecule has 1 amide bonds. The zero-order chi connectivity index (χ0) is 17.7. The van der Waals surface area contributed by atoms with Gasteiger partial charge in [0.05, 0.1) is 18.4 Å². The molecule has 0 bridgehead atoms. The van der Waals surface area contributed by atoms with Gasteiger partial charge in [-0.05, 0) is 48.4 Å². The fraction of sp³-hybridized carbons (Fsp3) is 0.111. The maximum atomic E-state index is 12.0. The number of nitrogens with one attached hydrogen (secondary N) is 1. The van der Waals surface area contributed by atoms with Gasteiger partial charge in [0.25, 0.3) is 0 Å². The van der Waals surface area contributed by atoms with Crippen LogP contribution < -0.4 is 10.1 Å². The number of ether oxygens (including phenoxy) is 1. The second kappa shape index (κ2) is 7.79. The summed E-state index contributed by atoms with van der Waals surface area (Å²) in [4.78, 5) is 23.3. The van der Waals surface area contributed by atoms with Crippen LogP contribution in [0.15, 0.2) is 46.9 Å². The summed E-state index contributed by atoms with van der Waals surface area (Å²) < 4.78 is 5.86. The summed E-state index contributed by atoms with van der Waals surface area (Å²) in [5, 5.41) is 11.8. The molecular formula is C18H16BrNO4. The first-order chi connectivity index (χ1) is 11.4. The second-order valence-electron chi connectivity index (χ2n) is 5.05. The minimum atomic E-state index is -1.11. The number of carbonyl (C=O) groups is 2. The van der Waals surface area contributed by atoms with Gasteiger partial charge < -0.3 is 15.2 Å². The average molecular weight is 390 g/mol. The number of carbonyl (C=O) groups excluding carboxylic acids is 1. The third-order valence-electron chi connectivity index (χ3n) is 3.33. The Morgan fingerprint density at radius 2 is 1.96 bits per heavy atom. The van der Waals surface area contributed by atoms with Crippen molar-refractivity contribution in [1.82, 2.24) is 0 Å². The molecule has 0 atom stereocenters. The van der Waals surface area contributed by atoms with E-state index in [9.17, 15) is 14.7 Å². The van der Waals surface area contributed by atoms with Crippen molar-refractivity contribution in [3.8, 4) is 5.75 Å². The van der Waals surface area contributed by atoms with Crippen LogP contribution in [0.2, 0.25) is 0 Å². The molecule has 0 fully saturated rings. The van der Waals surface area contributed by atoms with Crippen molar-refractivity contribution < 1.29 is 19.4 Å². The molecule has 2 rings (SSSR count). The lowest BCUT2D eigenvalue weighted by Crippen LogP contribution is -2.12. The van der Waals surface area contributed by atoms with Gasteiger partial charge >= 0.3 is 5.97 Å². The van der Waals surface area contributed by atoms with Crippen LogP contribution in [0, 0.1) is 6.92 Å². The van der Waals surface area contributed by atoms with Crippen LogP contribution in [0.3, 0.4) is 0 Å². The van der Waals surface area contributed by atoms with Crippen molar-refractivity contribution in [1.29, 1.82) is 0 Å². The first kappa shape index (κ1) is 17.7. The molecule has 2 N–H and O–H groups in total.